The van der Waals surface area contributed by atoms with Crippen LogP contribution in [0.1, 0.15) is 32.2 Å². The molecule has 1 aromatic carbocycles. The summed E-state index contributed by atoms with van der Waals surface area (Å²) < 4.78 is 10.1. The molecule has 6 heteroatoms. The average molecular weight is 289 g/mol. The van der Waals surface area contributed by atoms with Gasteiger partial charge in [-0.3, -0.25) is 4.79 Å². The van der Waals surface area contributed by atoms with Crippen LogP contribution < -0.4 is 5.32 Å². The molecule has 2 rings (SSSR count). The zero-order valence-corrected chi connectivity index (χ0v) is 11.5. The molecule has 21 heavy (non-hydrogen) atoms. The second-order valence-electron chi connectivity index (χ2n) is 4.34. The number of methoxy groups -OCH3 is 1. The first kappa shape index (κ1) is 14.8. The van der Waals surface area contributed by atoms with Crippen LogP contribution in [-0.4, -0.2) is 24.1 Å². The van der Waals surface area contributed by atoms with Crippen LogP contribution in [-0.2, 0) is 17.9 Å². The Hall–Kier alpha value is -2.60. The first-order chi connectivity index (χ1) is 10.1. The summed E-state index contributed by atoms with van der Waals surface area (Å²) in [4.78, 5) is 22.8. The minimum atomic E-state index is -1.14. The third-order valence-corrected chi connectivity index (χ3v) is 2.86. The van der Waals surface area contributed by atoms with Gasteiger partial charge in [0.05, 0.1) is 13.2 Å². The normalized spacial score (nSPS) is 10.3. The third-order valence-electron chi connectivity index (χ3n) is 2.86. The zero-order valence-electron chi connectivity index (χ0n) is 11.5. The fourth-order valence-corrected chi connectivity index (χ4v) is 1.87. The summed E-state index contributed by atoms with van der Waals surface area (Å²) >= 11 is 0. The molecule has 0 bridgehead atoms. The monoisotopic (exact) mass is 289 g/mol. The van der Waals surface area contributed by atoms with Crippen LogP contribution in [0, 0.1) is 0 Å². The molecule has 0 radical (unpaired) electrons. The van der Waals surface area contributed by atoms with Crippen molar-refractivity contribution in [3.8, 4) is 0 Å². The average Bonchev–Trinajstić information content (AvgIpc) is 2.95. The van der Waals surface area contributed by atoms with Gasteiger partial charge in [0.1, 0.15) is 5.76 Å². The first-order valence-corrected chi connectivity index (χ1v) is 6.29. The predicted octanol–water partition coefficient (Wildman–Crippen LogP) is 2.05. The molecule has 0 unspecified atom stereocenters. The van der Waals surface area contributed by atoms with E-state index in [2.05, 4.69) is 5.32 Å². The summed E-state index contributed by atoms with van der Waals surface area (Å²) in [5, 5.41) is 11.4. The minimum absolute atomic E-state index is 0.118. The Balaban J connectivity index is 2.02. The van der Waals surface area contributed by atoms with Gasteiger partial charge in [-0.25, -0.2) is 4.79 Å². The topological polar surface area (TPSA) is 88.8 Å². The predicted molar refractivity (Wildman–Crippen MR) is 74.0 cm³/mol. The molecule has 0 saturated carbocycles. The van der Waals surface area contributed by atoms with Gasteiger partial charge >= 0.3 is 5.97 Å². The Morgan fingerprint density at radius 3 is 2.67 bits per heavy atom. The van der Waals surface area contributed by atoms with Crippen molar-refractivity contribution in [2.75, 3.05) is 7.11 Å². The van der Waals surface area contributed by atoms with Crippen molar-refractivity contribution >= 4 is 11.9 Å². The molecule has 1 aromatic heterocycles. The van der Waals surface area contributed by atoms with Crippen LogP contribution in [0.2, 0.25) is 0 Å². The Labute approximate surface area is 121 Å². The smallest absolute Gasteiger partial charge is 0.371 e. The maximum Gasteiger partial charge on any atom is 0.371 e. The molecule has 1 heterocycles. The Morgan fingerprint density at radius 2 is 2.00 bits per heavy atom. The van der Waals surface area contributed by atoms with Crippen LogP contribution in [0.4, 0.5) is 0 Å². The maximum atomic E-state index is 12.1. The van der Waals surface area contributed by atoms with Gasteiger partial charge in [-0.05, 0) is 23.8 Å². The van der Waals surface area contributed by atoms with Crippen molar-refractivity contribution in [1.82, 2.24) is 5.32 Å². The number of carboxylic acids is 1. The number of ether oxygens (including phenoxy) is 1. The highest BCUT2D eigenvalue weighted by molar-refractivity contribution is 5.95. The SMILES string of the molecule is COCc1ccccc1C(=O)NCc1ccc(C(=O)O)o1. The second kappa shape index (κ2) is 6.71. The number of carboxylic acid groups (broad SMARTS) is 1. The van der Waals surface area contributed by atoms with E-state index < -0.39 is 5.97 Å². The van der Waals surface area contributed by atoms with Gasteiger partial charge in [-0.2, -0.15) is 0 Å². The zero-order chi connectivity index (χ0) is 15.2. The van der Waals surface area contributed by atoms with Gasteiger partial charge in [0.25, 0.3) is 5.91 Å². The van der Waals surface area contributed by atoms with Crippen molar-refractivity contribution in [2.45, 2.75) is 13.2 Å². The van der Waals surface area contributed by atoms with Crippen molar-refractivity contribution in [1.29, 1.82) is 0 Å². The van der Waals surface area contributed by atoms with Crippen molar-refractivity contribution in [3.05, 3.63) is 59.0 Å². The molecule has 0 aliphatic rings. The van der Waals surface area contributed by atoms with Crippen molar-refractivity contribution < 1.29 is 23.8 Å². The van der Waals surface area contributed by atoms with Gasteiger partial charge in [0, 0.05) is 12.7 Å². The summed E-state index contributed by atoms with van der Waals surface area (Å²) in [5.74, 6) is -1.18. The summed E-state index contributed by atoms with van der Waals surface area (Å²) in [7, 11) is 1.56. The van der Waals surface area contributed by atoms with E-state index in [1.807, 2.05) is 12.1 Å². The van der Waals surface area contributed by atoms with Crippen LogP contribution in [0.25, 0.3) is 0 Å². The van der Waals surface area contributed by atoms with E-state index in [9.17, 15) is 9.59 Å². The minimum Gasteiger partial charge on any atom is -0.475 e. The molecule has 2 aromatic rings. The van der Waals surface area contributed by atoms with Crippen LogP contribution >= 0.6 is 0 Å². The number of hydrogen-bond donors (Lipinski definition) is 2. The van der Waals surface area contributed by atoms with E-state index in [4.69, 9.17) is 14.3 Å². The molecule has 110 valence electrons. The summed E-state index contributed by atoms with van der Waals surface area (Å²) in [5.41, 5.74) is 1.30. The van der Waals surface area contributed by atoms with Gasteiger partial charge in [-0.1, -0.05) is 18.2 Å². The van der Waals surface area contributed by atoms with Crippen LogP contribution in [0.5, 0.6) is 0 Å². The number of aromatic carboxylic acids is 1. The lowest BCUT2D eigenvalue weighted by Crippen LogP contribution is -2.23. The highest BCUT2D eigenvalue weighted by Crippen LogP contribution is 2.11. The standard InChI is InChI=1S/C15H15NO5/c1-20-9-10-4-2-3-5-12(10)14(17)16-8-11-6-7-13(21-11)15(18)19/h2-7H,8-9H2,1H3,(H,16,17)(H,18,19). The number of nitrogens with one attached hydrogen (secondary N) is 1. The fraction of sp³-hybridized carbons (Fsp3) is 0.200. The van der Waals surface area contributed by atoms with Gasteiger partial charge < -0.3 is 19.6 Å². The molecule has 0 saturated heterocycles. The first-order valence-electron chi connectivity index (χ1n) is 6.29. The molecule has 0 aliphatic heterocycles. The van der Waals surface area contributed by atoms with Crippen LogP contribution in [0.15, 0.2) is 40.8 Å². The molecule has 0 atom stereocenters. The number of furan rings is 1. The van der Waals surface area contributed by atoms with E-state index in [-0.39, 0.29) is 18.2 Å². The number of benzene rings is 1. The molecule has 0 spiro atoms. The number of amides is 1. The van der Waals surface area contributed by atoms with E-state index in [0.717, 1.165) is 5.56 Å². The molecule has 2 N–H and O–H groups in total. The summed E-state index contributed by atoms with van der Waals surface area (Å²) in [6, 6.07) is 9.98. The fourth-order valence-electron chi connectivity index (χ4n) is 1.87. The van der Waals surface area contributed by atoms with E-state index in [0.29, 0.717) is 17.9 Å². The second-order valence-corrected chi connectivity index (χ2v) is 4.34. The van der Waals surface area contributed by atoms with Crippen LogP contribution in [0.3, 0.4) is 0 Å². The molecular formula is C15H15NO5. The lowest BCUT2D eigenvalue weighted by molar-refractivity contribution is 0.0660. The molecule has 0 aliphatic carbocycles. The summed E-state index contributed by atoms with van der Waals surface area (Å²) in [6.07, 6.45) is 0. The van der Waals surface area contributed by atoms with E-state index in [1.54, 1.807) is 19.2 Å². The number of carbonyl (C=O) groups excluding carboxylic acids is 1. The van der Waals surface area contributed by atoms with E-state index in [1.165, 1.54) is 12.1 Å². The molecule has 6 nitrogen and oxygen atoms in total. The maximum absolute atomic E-state index is 12.1. The summed E-state index contributed by atoms with van der Waals surface area (Å²) in [6.45, 7) is 0.459. The number of carbonyl (C=O) groups is 2. The quantitative estimate of drug-likeness (QED) is 0.849. The van der Waals surface area contributed by atoms with Gasteiger partial charge in [0.15, 0.2) is 0 Å². The molecule has 1 amide bonds. The van der Waals surface area contributed by atoms with Gasteiger partial charge in [0.2, 0.25) is 5.76 Å². The highest BCUT2D eigenvalue weighted by atomic mass is 16.5. The third kappa shape index (κ3) is 3.70. The van der Waals surface area contributed by atoms with Crippen molar-refractivity contribution in [2.24, 2.45) is 0 Å². The Kier molecular flexibility index (Phi) is 4.73. The molecule has 0 fully saturated rings. The highest BCUT2D eigenvalue weighted by Gasteiger charge is 2.12. The number of rotatable bonds is 6. The lowest BCUT2D eigenvalue weighted by atomic mass is 10.1. The largest absolute Gasteiger partial charge is 0.475 e. The molecular weight excluding hydrogens is 274 g/mol. The Morgan fingerprint density at radius 1 is 1.24 bits per heavy atom. The van der Waals surface area contributed by atoms with E-state index >= 15 is 0 Å². The van der Waals surface area contributed by atoms with Crippen molar-refractivity contribution in [3.63, 3.8) is 0 Å². The Bertz CT molecular complexity index is 647. The number of hydrogen-bond acceptors (Lipinski definition) is 4. The lowest BCUT2D eigenvalue weighted by Gasteiger charge is -2.08. The van der Waals surface area contributed by atoms with Gasteiger partial charge in [-0.15, -0.1) is 0 Å².